The fourth-order valence-corrected chi connectivity index (χ4v) is 9.23. The van der Waals surface area contributed by atoms with E-state index in [1.54, 1.807) is 13.8 Å². The van der Waals surface area contributed by atoms with E-state index < -0.39 is 11.2 Å². The molecule has 0 aromatic heterocycles. The molecule has 0 N–H and O–H groups in total. The molecule has 10 atom stereocenters. The maximum atomic E-state index is 13.0. The fraction of sp³-hybridized carbons (Fsp3) is 0.882. The quantitative estimate of drug-likeness (QED) is 0.499. The molecule has 0 amide bonds. The molecule has 1 saturated heterocycles. The van der Waals surface area contributed by atoms with Gasteiger partial charge >= 0.3 is 11.9 Å². The lowest BCUT2D eigenvalue weighted by Crippen LogP contribution is -2.57. The molecule has 8 fully saturated rings. The molecule has 8 aliphatic rings. The molecule has 0 radical (unpaired) electrons. The van der Waals surface area contributed by atoms with Crippen molar-refractivity contribution in [1.29, 1.82) is 0 Å². The van der Waals surface area contributed by atoms with Gasteiger partial charge in [0, 0.05) is 13.8 Å². The van der Waals surface area contributed by atoms with Crippen LogP contribution >= 0.6 is 0 Å². The number of cyclic esters (lactones) is 2. The lowest BCUT2D eigenvalue weighted by atomic mass is 9.60. The van der Waals surface area contributed by atoms with Crippen molar-refractivity contribution in [3.8, 4) is 0 Å². The van der Waals surface area contributed by atoms with Crippen LogP contribution in [-0.2, 0) is 19.1 Å². The van der Waals surface area contributed by atoms with Crippen LogP contribution in [0.5, 0.6) is 0 Å². The van der Waals surface area contributed by atoms with Gasteiger partial charge in [-0.1, -0.05) is 0 Å². The summed E-state index contributed by atoms with van der Waals surface area (Å²) in [4.78, 5) is 25.9. The van der Waals surface area contributed by atoms with Crippen LogP contribution in [0.25, 0.3) is 0 Å². The number of rotatable bonds is 0. The summed E-state index contributed by atoms with van der Waals surface area (Å²) in [7, 11) is 0. The summed E-state index contributed by atoms with van der Waals surface area (Å²) in [6.45, 7) is 3.33. The summed E-state index contributed by atoms with van der Waals surface area (Å²) in [5, 5.41) is 0. The Morgan fingerprint density at radius 2 is 1.29 bits per heavy atom. The summed E-state index contributed by atoms with van der Waals surface area (Å²) in [5.41, 5.74) is -0.906. The number of ether oxygens (including phenoxy) is 2. The van der Waals surface area contributed by atoms with Gasteiger partial charge in [0.1, 0.15) is 0 Å². The minimum atomic E-state index is -1.09. The predicted octanol–water partition coefficient (Wildman–Crippen LogP) is 1.44. The molecular weight excluding hydrogens is 268 g/mol. The van der Waals surface area contributed by atoms with Gasteiger partial charge in [-0.2, -0.15) is 0 Å². The van der Waals surface area contributed by atoms with Crippen molar-refractivity contribution in [2.75, 3.05) is 0 Å². The van der Waals surface area contributed by atoms with Gasteiger partial charge < -0.3 is 9.47 Å². The van der Waals surface area contributed by atoms with E-state index in [0.29, 0.717) is 23.7 Å². The molecule has 0 aromatic carbocycles. The van der Waals surface area contributed by atoms with E-state index >= 15 is 0 Å². The Kier molecular flexibility index (Phi) is 1.24. The number of carbonyl (C=O) groups is 2. The third-order valence-corrected chi connectivity index (χ3v) is 8.81. The van der Waals surface area contributed by atoms with Crippen LogP contribution in [-0.4, -0.2) is 17.7 Å². The smallest absolute Gasteiger partial charge is 0.327 e. The first-order valence-corrected chi connectivity index (χ1v) is 8.45. The Balaban J connectivity index is 1.48. The molecule has 7 aliphatic carbocycles. The van der Waals surface area contributed by atoms with Crippen LogP contribution in [0.1, 0.15) is 20.3 Å². The third-order valence-electron chi connectivity index (χ3n) is 8.81. The van der Waals surface area contributed by atoms with Gasteiger partial charge in [0.05, 0.1) is 0 Å². The van der Waals surface area contributed by atoms with Crippen molar-refractivity contribution in [1.82, 2.24) is 0 Å². The zero-order valence-corrected chi connectivity index (χ0v) is 12.1. The van der Waals surface area contributed by atoms with Gasteiger partial charge in [0.15, 0.2) is 5.41 Å². The predicted molar refractivity (Wildman–Crippen MR) is 68.2 cm³/mol. The van der Waals surface area contributed by atoms with Gasteiger partial charge in [-0.3, -0.25) is 9.59 Å². The second-order valence-electron chi connectivity index (χ2n) is 9.13. The first kappa shape index (κ1) is 10.6. The number of carbonyl (C=O) groups excluding carboxylic acids is 2. The van der Waals surface area contributed by atoms with Gasteiger partial charge in [0.25, 0.3) is 5.79 Å². The molecule has 1 aliphatic heterocycles. The van der Waals surface area contributed by atoms with E-state index in [1.807, 2.05) is 0 Å². The minimum Gasteiger partial charge on any atom is -0.422 e. The highest BCUT2D eigenvalue weighted by molar-refractivity contribution is 6.04. The summed E-state index contributed by atoms with van der Waals surface area (Å²) in [5.74, 6) is 4.78. The number of esters is 2. The first-order chi connectivity index (χ1) is 9.98. The summed E-state index contributed by atoms with van der Waals surface area (Å²) in [6, 6.07) is 0. The van der Waals surface area contributed by atoms with Crippen LogP contribution < -0.4 is 0 Å². The highest BCUT2D eigenvalue weighted by Crippen LogP contribution is 2.94. The monoisotopic (exact) mass is 286 g/mol. The minimum absolute atomic E-state index is 0.249. The Bertz CT molecular complexity index is 608. The molecule has 110 valence electrons. The molecule has 0 unspecified atom stereocenters. The van der Waals surface area contributed by atoms with Crippen LogP contribution in [0.15, 0.2) is 0 Å². The number of hydrogen-bond donors (Lipinski definition) is 0. The van der Waals surface area contributed by atoms with E-state index in [-0.39, 0.29) is 23.8 Å². The van der Waals surface area contributed by atoms with Gasteiger partial charge in [0.2, 0.25) is 0 Å². The molecule has 8 rings (SSSR count). The maximum Gasteiger partial charge on any atom is 0.327 e. The van der Waals surface area contributed by atoms with E-state index in [1.165, 1.54) is 6.42 Å². The Hall–Kier alpha value is -1.06. The molecule has 0 aromatic rings. The molecular formula is C17H18O4. The summed E-state index contributed by atoms with van der Waals surface area (Å²) < 4.78 is 11.2. The van der Waals surface area contributed by atoms with E-state index in [9.17, 15) is 9.59 Å². The van der Waals surface area contributed by atoms with E-state index in [4.69, 9.17) is 9.47 Å². The summed E-state index contributed by atoms with van der Waals surface area (Å²) in [6.07, 6.45) is 1.39. The van der Waals surface area contributed by atoms with E-state index in [2.05, 4.69) is 0 Å². The Labute approximate surface area is 122 Å². The van der Waals surface area contributed by atoms with Crippen molar-refractivity contribution >= 4 is 11.9 Å². The van der Waals surface area contributed by atoms with Crippen LogP contribution in [0.4, 0.5) is 0 Å². The highest BCUT2D eigenvalue weighted by Gasteiger charge is 2.96. The normalized spacial score (nSPS) is 67.1. The molecule has 1 spiro atoms. The fourth-order valence-electron chi connectivity index (χ4n) is 9.23. The molecule has 4 heteroatoms. The van der Waals surface area contributed by atoms with Crippen LogP contribution in [0, 0.1) is 64.6 Å². The average molecular weight is 286 g/mol. The van der Waals surface area contributed by atoms with Crippen LogP contribution in [0.2, 0.25) is 0 Å². The van der Waals surface area contributed by atoms with Crippen molar-refractivity contribution in [2.45, 2.75) is 26.1 Å². The lowest BCUT2D eigenvalue weighted by molar-refractivity contribution is -0.255. The third kappa shape index (κ3) is 0.687. The molecule has 7 saturated carbocycles. The average Bonchev–Trinajstić information content (AvgIpc) is 2.95. The second kappa shape index (κ2) is 2.44. The molecule has 4 nitrogen and oxygen atoms in total. The van der Waals surface area contributed by atoms with Crippen molar-refractivity contribution < 1.29 is 19.1 Å². The van der Waals surface area contributed by atoms with Crippen molar-refractivity contribution in [3.63, 3.8) is 0 Å². The van der Waals surface area contributed by atoms with E-state index in [0.717, 1.165) is 23.7 Å². The zero-order chi connectivity index (χ0) is 14.0. The Morgan fingerprint density at radius 1 is 0.810 bits per heavy atom. The van der Waals surface area contributed by atoms with Crippen molar-refractivity contribution in [3.05, 3.63) is 0 Å². The Morgan fingerprint density at radius 3 is 1.76 bits per heavy atom. The van der Waals surface area contributed by atoms with Gasteiger partial charge in [-0.05, 0) is 65.6 Å². The first-order valence-electron chi connectivity index (χ1n) is 8.45. The highest BCUT2D eigenvalue weighted by atomic mass is 16.7. The molecule has 4 bridgehead atoms. The zero-order valence-electron chi connectivity index (χ0n) is 12.1. The number of hydrogen-bond acceptors (Lipinski definition) is 4. The van der Waals surface area contributed by atoms with Gasteiger partial charge in [-0.25, -0.2) is 0 Å². The van der Waals surface area contributed by atoms with Crippen molar-refractivity contribution in [2.24, 2.45) is 64.6 Å². The molecule has 1 heterocycles. The molecule has 21 heavy (non-hydrogen) atoms. The summed E-state index contributed by atoms with van der Waals surface area (Å²) >= 11 is 0. The lowest BCUT2D eigenvalue weighted by Gasteiger charge is -2.44. The van der Waals surface area contributed by atoms with Gasteiger partial charge in [-0.15, -0.1) is 0 Å². The SMILES string of the molecule is CC1(C)OC(=O)C2(C(=O)O1)[C@H]1[C@@H]3[C@H]4[C@@H]5C[C@@H]6[C@H]4[C@@H]3[C@H]2[C@@H]6[C@H]51. The topological polar surface area (TPSA) is 52.6 Å². The standard InChI is InChI=1S/C17H18O4/c1-16(2)20-14(18)17(15(19)21-16)12-8-4-3-5-7-6(4)10(12)11(7)13(17)9(5)8/h4-13H,3H2,1-2H3/t4-,5+,6-,7+,8-,9-,10+,11-,12+,13+/m0/s1. The maximum absolute atomic E-state index is 13.0. The largest absolute Gasteiger partial charge is 0.422 e. The van der Waals surface area contributed by atoms with Crippen LogP contribution in [0.3, 0.4) is 0 Å². The second-order valence-corrected chi connectivity index (χ2v) is 9.13.